The summed E-state index contributed by atoms with van der Waals surface area (Å²) < 4.78 is 11.3. The summed E-state index contributed by atoms with van der Waals surface area (Å²) in [4.78, 5) is 23.7. The van der Waals surface area contributed by atoms with E-state index in [0.717, 1.165) is 11.3 Å². The van der Waals surface area contributed by atoms with Crippen molar-refractivity contribution >= 4 is 46.8 Å². The molecule has 28 heavy (non-hydrogen) atoms. The van der Waals surface area contributed by atoms with E-state index < -0.39 is 11.8 Å². The number of hydrogen-bond donors (Lipinski definition) is 2. The van der Waals surface area contributed by atoms with Crippen molar-refractivity contribution in [2.75, 3.05) is 13.2 Å². The Kier molecular flexibility index (Phi) is 6.28. The van der Waals surface area contributed by atoms with Crippen LogP contribution in [0.5, 0.6) is 11.5 Å². The van der Waals surface area contributed by atoms with Gasteiger partial charge in [-0.25, -0.2) is 0 Å². The first kappa shape index (κ1) is 19.9. The molecule has 0 aromatic heterocycles. The van der Waals surface area contributed by atoms with Crippen molar-refractivity contribution in [2.45, 2.75) is 6.92 Å². The molecule has 1 heterocycles. The van der Waals surface area contributed by atoms with Crippen molar-refractivity contribution in [3.05, 3.63) is 64.2 Å². The molecule has 8 heteroatoms. The van der Waals surface area contributed by atoms with Crippen LogP contribution >= 0.6 is 23.8 Å². The van der Waals surface area contributed by atoms with Crippen LogP contribution in [0.2, 0.25) is 5.02 Å². The molecule has 1 aliphatic heterocycles. The van der Waals surface area contributed by atoms with E-state index >= 15 is 0 Å². The van der Waals surface area contributed by atoms with Gasteiger partial charge in [0, 0.05) is 5.02 Å². The first-order valence-corrected chi connectivity index (χ1v) is 9.21. The number of rotatable bonds is 6. The molecule has 1 aliphatic rings. The third-order valence-corrected chi connectivity index (χ3v) is 4.51. The molecule has 1 saturated heterocycles. The third-order valence-electron chi connectivity index (χ3n) is 3.88. The lowest BCUT2D eigenvalue weighted by Crippen LogP contribution is -2.51. The van der Waals surface area contributed by atoms with Gasteiger partial charge < -0.3 is 9.47 Å². The number of amides is 2. The predicted molar refractivity (Wildman–Crippen MR) is 110 cm³/mol. The fourth-order valence-corrected chi connectivity index (χ4v) is 2.76. The summed E-state index contributed by atoms with van der Waals surface area (Å²) in [5.74, 6) is 0.333. The van der Waals surface area contributed by atoms with Gasteiger partial charge in [0.1, 0.15) is 30.3 Å². The van der Waals surface area contributed by atoms with Gasteiger partial charge in [-0.3, -0.25) is 20.2 Å². The average molecular weight is 417 g/mol. The quantitative estimate of drug-likeness (QED) is 0.327. The summed E-state index contributed by atoms with van der Waals surface area (Å²) >= 11 is 10.7. The molecule has 0 aliphatic carbocycles. The normalized spacial score (nSPS) is 13.6. The van der Waals surface area contributed by atoms with Gasteiger partial charge in [-0.05, 0) is 66.7 Å². The molecule has 0 radical (unpaired) electrons. The number of carbonyl (C=O) groups excluding carboxylic acids is 2. The molecule has 3 rings (SSSR count). The number of carbonyl (C=O) groups is 2. The van der Waals surface area contributed by atoms with E-state index in [1.165, 1.54) is 6.08 Å². The maximum Gasteiger partial charge on any atom is 0.263 e. The van der Waals surface area contributed by atoms with Gasteiger partial charge in [0.25, 0.3) is 11.8 Å². The molecular weight excluding hydrogens is 400 g/mol. The zero-order valence-corrected chi connectivity index (χ0v) is 16.5. The molecule has 2 aromatic rings. The Balaban J connectivity index is 1.52. The number of ether oxygens (including phenoxy) is 2. The maximum atomic E-state index is 11.8. The lowest BCUT2D eigenvalue weighted by atomic mass is 10.1. The van der Waals surface area contributed by atoms with Gasteiger partial charge in [0.2, 0.25) is 0 Å². The highest BCUT2D eigenvalue weighted by Crippen LogP contribution is 2.21. The van der Waals surface area contributed by atoms with Crippen molar-refractivity contribution in [1.82, 2.24) is 10.6 Å². The van der Waals surface area contributed by atoms with E-state index in [-0.39, 0.29) is 10.7 Å². The topological polar surface area (TPSA) is 76.7 Å². The summed E-state index contributed by atoms with van der Waals surface area (Å²) in [6, 6.07) is 12.5. The Hall–Kier alpha value is -2.90. The molecule has 0 unspecified atom stereocenters. The zero-order chi connectivity index (χ0) is 20.1. The van der Waals surface area contributed by atoms with E-state index in [1.54, 1.807) is 30.3 Å². The summed E-state index contributed by atoms with van der Waals surface area (Å²) in [5.41, 5.74) is 1.63. The van der Waals surface area contributed by atoms with Crippen LogP contribution in [0.1, 0.15) is 11.1 Å². The van der Waals surface area contributed by atoms with Gasteiger partial charge >= 0.3 is 0 Å². The second-order valence-electron chi connectivity index (χ2n) is 5.97. The van der Waals surface area contributed by atoms with Crippen molar-refractivity contribution < 1.29 is 19.1 Å². The summed E-state index contributed by atoms with van der Waals surface area (Å²) in [5, 5.41) is 5.49. The largest absolute Gasteiger partial charge is 0.490 e. The van der Waals surface area contributed by atoms with Gasteiger partial charge in [-0.2, -0.15) is 0 Å². The van der Waals surface area contributed by atoms with Crippen LogP contribution in [-0.4, -0.2) is 30.1 Å². The van der Waals surface area contributed by atoms with Crippen molar-refractivity contribution in [3.63, 3.8) is 0 Å². The number of hydrogen-bond acceptors (Lipinski definition) is 5. The Morgan fingerprint density at radius 2 is 1.54 bits per heavy atom. The number of nitrogens with one attached hydrogen (secondary N) is 2. The first-order chi connectivity index (χ1) is 13.4. The van der Waals surface area contributed by atoms with E-state index in [0.29, 0.717) is 29.5 Å². The van der Waals surface area contributed by atoms with Crippen LogP contribution in [-0.2, 0) is 9.59 Å². The number of aryl methyl sites for hydroxylation is 1. The van der Waals surface area contributed by atoms with Crippen molar-refractivity contribution in [3.8, 4) is 11.5 Å². The van der Waals surface area contributed by atoms with Gasteiger partial charge in [-0.15, -0.1) is 0 Å². The Bertz CT molecular complexity index is 935. The van der Waals surface area contributed by atoms with Crippen LogP contribution < -0.4 is 20.1 Å². The van der Waals surface area contributed by atoms with E-state index in [1.807, 2.05) is 19.1 Å². The molecule has 144 valence electrons. The minimum absolute atomic E-state index is 0.00562. The van der Waals surface area contributed by atoms with Crippen molar-refractivity contribution in [2.24, 2.45) is 0 Å². The molecule has 1 fully saturated rings. The molecule has 0 atom stereocenters. The minimum atomic E-state index is -0.524. The van der Waals surface area contributed by atoms with Crippen LogP contribution in [0, 0.1) is 6.92 Å². The Labute approximate surface area is 172 Å². The van der Waals surface area contributed by atoms with Crippen LogP contribution in [0.4, 0.5) is 0 Å². The SMILES string of the molecule is Cc1cc(OCCOc2ccc(C=C3C(=O)NC(=S)NC3=O)cc2)ccc1Cl. The van der Waals surface area contributed by atoms with E-state index in [4.69, 9.17) is 33.3 Å². The minimum Gasteiger partial charge on any atom is -0.490 e. The average Bonchev–Trinajstić information content (AvgIpc) is 2.65. The summed E-state index contributed by atoms with van der Waals surface area (Å²) in [6.07, 6.45) is 1.49. The third kappa shape index (κ3) is 5.09. The summed E-state index contributed by atoms with van der Waals surface area (Å²) in [7, 11) is 0. The van der Waals surface area contributed by atoms with Crippen LogP contribution in [0.3, 0.4) is 0 Å². The van der Waals surface area contributed by atoms with Gasteiger partial charge in [-0.1, -0.05) is 23.7 Å². The smallest absolute Gasteiger partial charge is 0.263 e. The monoisotopic (exact) mass is 416 g/mol. The van der Waals surface area contributed by atoms with E-state index in [2.05, 4.69) is 10.6 Å². The lowest BCUT2D eigenvalue weighted by Gasteiger charge is -2.16. The molecule has 2 amide bonds. The maximum absolute atomic E-state index is 11.8. The molecular formula is C20H17ClN2O4S. The Morgan fingerprint density at radius 3 is 2.14 bits per heavy atom. The van der Waals surface area contributed by atoms with Crippen LogP contribution in [0.25, 0.3) is 6.08 Å². The molecule has 0 saturated carbocycles. The predicted octanol–water partition coefficient (Wildman–Crippen LogP) is 3.02. The highest BCUT2D eigenvalue weighted by Gasteiger charge is 2.25. The highest BCUT2D eigenvalue weighted by molar-refractivity contribution is 7.80. The fraction of sp³-hybridized carbons (Fsp3) is 0.150. The number of halogens is 1. The fourth-order valence-electron chi connectivity index (χ4n) is 2.46. The lowest BCUT2D eigenvalue weighted by molar-refractivity contribution is -0.123. The van der Waals surface area contributed by atoms with Gasteiger partial charge in [0.15, 0.2) is 5.11 Å². The second-order valence-corrected chi connectivity index (χ2v) is 6.79. The highest BCUT2D eigenvalue weighted by atomic mass is 35.5. The van der Waals surface area contributed by atoms with Crippen LogP contribution in [0.15, 0.2) is 48.0 Å². The zero-order valence-electron chi connectivity index (χ0n) is 15.0. The standard InChI is InChI=1S/C20H17ClN2O4S/c1-12-10-15(6-7-17(12)21)27-9-8-26-14-4-2-13(3-5-14)11-16-18(24)22-20(28)23-19(16)25/h2-7,10-11H,8-9H2,1H3,(H2,22,23,24,25,28). The second kappa shape index (κ2) is 8.86. The number of benzene rings is 2. The van der Waals surface area contributed by atoms with Crippen molar-refractivity contribution in [1.29, 1.82) is 0 Å². The van der Waals surface area contributed by atoms with E-state index in [9.17, 15) is 9.59 Å². The molecule has 6 nitrogen and oxygen atoms in total. The first-order valence-electron chi connectivity index (χ1n) is 8.42. The van der Waals surface area contributed by atoms with Gasteiger partial charge in [0.05, 0.1) is 0 Å². The Morgan fingerprint density at radius 1 is 0.964 bits per heavy atom. The number of thiocarbonyl (C=S) groups is 1. The molecule has 0 spiro atoms. The molecule has 0 bridgehead atoms. The summed E-state index contributed by atoms with van der Waals surface area (Å²) in [6.45, 7) is 2.66. The molecule has 2 N–H and O–H groups in total. The molecule has 2 aromatic carbocycles.